The van der Waals surface area contributed by atoms with Crippen LogP contribution in [0, 0.1) is 29.6 Å². The fourth-order valence-corrected chi connectivity index (χ4v) is 5.31. The summed E-state index contributed by atoms with van der Waals surface area (Å²) in [5, 5.41) is 19.1. The molecule has 0 radical (unpaired) electrons. The molecule has 2 rings (SSSR count). The first kappa shape index (κ1) is 24.8. The van der Waals surface area contributed by atoms with E-state index in [-0.39, 0.29) is 24.2 Å². The Morgan fingerprint density at radius 3 is 2.48 bits per heavy atom. The molecule has 0 bridgehead atoms. The summed E-state index contributed by atoms with van der Waals surface area (Å²) in [6, 6.07) is 7.54. The van der Waals surface area contributed by atoms with Gasteiger partial charge in [-0.3, -0.25) is 4.79 Å². The minimum Gasteiger partial charge on any atom is -0.492 e. The zero-order valence-electron chi connectivity index (χ0n) is 17.0. The molecule has 160 valence electrons. The molecule has 0 amide bonds. The van der Waals surface area contributed by atoms with Gasteiger partial charge in [0.2, 0.25) is 0 Å². The van der Waals surface area contributed by atoms with Crippen LogP contribution in [0.2, 0.25) is 0 Å². The van der Waals surface area contributed by atoms with Gasteiger partial charge in [-0.1, -0.05) is 15.9 Å². The van der Waals surface area contributed by atoms with Crippen LogP contribution in [0.1, 0.15) is 45.1 Å². The lowest BCUT2D eigenvalue weighted by atomic mass is 10.0. The third kappa shape index (κ3) is 5.82. The smallest absolute Gasteiger partial charge is 0.348 e. The van der Waals surface area contributed by atoms with Gasteiger partial charge < -0.3 is 9.47 Å². The molecule has 1 heterocycles. The van der Waals surface area contributed by atoms with Crippen molar-refractivity contribution >= 4 is 61.0 Å². The molecule has 0 fully saturated rings. The number of allylic oxidation sites excluding steroid dienone is 1. The van der Waals surface area contributed by atoms with Crippen molar-refractivity contribution in [2.24, 2.45) is 0 Å². The number of carbonyl (C=O) groups is 2. The maximum atomic E-state index is 12.9. The van der Waals surface area contributed by atoms with Gasteiger partial charge in [-0.05, 0) is 60.5 Å². The molecule has 1 aromatic heterocycles. The van der Waals surface area contributed by atoms with Crippen LogP contribution in [-0.2, 0) is 16.0 Å². The standard InChI is InChI=1S/C22H18Br2N2O4S/c1-4-29-20-13(7-15(23)8-17(20)24)6-14(10-25)18(27)9-19-16(11-26)12(3)21(31-19)22(28)30-5-2/h6-8H,4-5,9H2,1-3H3/b14-6+. The van der Waals surface area contributed by atoms with Gasteiger partial charge in [-0.25, -0.2) is 4.79 Å². The maximum absolute atomic E-state index is 12.9. The van der Waals surface area contributed by atoms with Crippen LogP contribution in [0.15, 0.2) is 26.7 Å². The quantitative estimate of drug-likeness (QED) is 0.229. The number of halogens is 2. The Morgan fingerprint density at radius 2 is 1.90 bits per heavy atom. The fraction of sp³-hybridized carbons (Fsp3) is 0.273. The Morgan fingerprint density at radius 1 is 1.19 bits per heavy atom. The van der Waals surface area contributed by atoms with Gasteiger partial charge in [0.15, 0.2) is 5.78 Å². The van der Waals surface area contributed by atoms with E-state index >= 15 is 0 Å². The Kier molecular flexibility index (Phi) is 9.00. The zero-order chi connectivity index (χ0) is 23.1. The molecule has 1 aromatic carbocycles. The molecule has 0 N–H and O–H groups in total. The summed E-state index contributed by atoms with van der Waals surface area (Å²) < 4.78 is 12.1. The summed E-state index contributed by atoms with van der Waals surface area (Å²) in [4.78, 5) is 25.7. The summed E-state index contributed by atoms with van der Waals surface area (Å²) in [6.07, 6.45) is 1.29. The number of benzene rings is 1. The third-order valence-corrected chi connectivity index (χ3v) is 6.48. The van der Waals surface area contributed by atoms with Gasteiger partial charge in [0.1, 0.15) is 22.8 Å². The average Bonchev–Trinajstić information content (AvgIpc) is 3.03. The van der Waals surface area contributed by atoms with Gasteiger partial charge in [-0.15, -0.1) is 11.3 Å². The highest BCUT2D eigenvalue weighted by molar-refractivity contribution is 9.11. The summed E-state index contributed by atoms with van der Waals surface area (Å²) in [5.41, 5.74) is 1.21. The predicted molar refractivity (Wildman–Crippen MR) is 125 cm³/mol. The second-order valence-electron chi connectivity index (χ2n) is 6.20. The molecular weight excluding hydrogens is 548 g/mol. The number of nitriles is 2. The van der Waals surface area contributed by atoms with Gasteiger partial charge in [0, 0.05) is 21.3 Å². The van der Waals surface area contributed by atoms with Crippen molar-refractivity contribution in [3.63, 3.8) is 0 Å². The minimum atomic E-state index is -0.531. The average molecular weight is 566 g/mol. The first-order valence-corrected chi connectivity index (χ1v) is 11.6. The highest BCUT2D eigenvalue weighted by Crippen LogP contribution is 2.35. The van der Waals surface area contributed by atoms with Crippen LogP contribution in [0.4, 0.5) is 0 Å². The molecular formula is C22H18Br2N2O4S. The summed E-state index contributed by atoms with van der Waals surface area (Å²) in [6.45, 7) is 5.79. The lowest BCUT2D eigenvalue weighted by molar-refractivity contribution is -0.114. The molecule has 0 saturated heterocycles. The van der Waals surface area contributed by atoms with E-state index in [4.69, 9.17) is 9.47 Å². The van der Waals surface area contributed by atoms with Crippen molar-refractivity contribution in [1.82, 2.24) is 0 Å². The Hall–Kier alpha value is -2.46. The Balaban J connectivity index is 2.44. The molecule has 2 aromatic rings. The van der Waals surface area contributed by atoms with Crippen LogP contribution >= 0.6 is 43.2 Å². The van der Waals surface area contributed by atoms with Crippen molar-refractivity contribution in [2.75, 3.05) is 13.2 Å². The van der Waals surface area contributed by atoms with Crippen molar-refractivity contribution in [3.05, 3.63) is 53.1 Å². The van der Waals surface area contributed by atoms with E-state index in [0.29, 0.717) is 37.7 Å². The number of Topliss-reactive ketones (excluding diaryl/α,β-unsaturated/α-hetero) is 1. The lowest BCUT2D eigenvalue weighted by Crippen LogP contribution is -2.06. The molecule has 0 spiro atoms. The van der Waals surface area contributed by atoms with Crippen molar-refractivity contribution < 1.29 is 19.1 Å². The number of carbonyl (C=O) groups excluding carboxylic acids is 2. The molecule has 9 heteroatoms. The molecule has 0 unspecified atom stereocenters. The maximum Gasteiger partial charge on any atom is 0.348 e. The SMILES string of the molecule is CCOC(=O)c1sc(CC(=O)/C(C#N)=C/c2cc(Br)cc(Br)c2OCC)c(C#N)c1C. The van der Waals surface area contributed by atoms with Gasteiger partial charge in [-0.2, -0.15) is 10.5 Å². The number of esters is 1. The zero-order valence-corrected chi connectivity index (χ0v) is 21.0. The van der Waals surface area contributed by atoms with Crippen molar-refractivity contribution in [3.8, 4) is 17.9 Å². The second kappa shape index (κ2) is 11.2. The van der Waals surface area contributed by atoms with E-state index < -0.39 is 11.8 Å². The molecule has 31 heavy (non-hydrogen) atoms. The molecule has 0 aliphatic heterocycles. The largest absolute Gasteiger partial charge is 0.492 e. The third-order valence-electron chi connectivity index (χ3n) is 4.16. The number of hydrogen-bond donors (Lipinski definition) is 0. The molecule has 0 aliphatic carbocycles. The highest BCUT2D eigenvalue weighted by Gasteiger charge is 2.23. The number of hydrogen-bond acceptors (Lipinski definition) is 7. The van der Waals surface area contributed by atoms with E-state index in [2.05, 4.69) is 31.9 Å². The van der Waals surface area contributed by atoms with E-state index in [0.717, 1.165) is 15.8 Å². The minimum absolute atomic E-state index is 0.0846. The molecule has 0 saturated carbocycles. The van der Waals surface area contributed by atoms with E-state index in [1.807, 2.05) is 19.1 Å². The topological polar surface area (TPSA) is 100 Å². The number of ketones is 1. The number of rotatable bonds is 8. The molecule has 6 nitrogen and oxygen atoms in total. The summed E-state index contributed by atoms with van der Waals surface area (Å²) in [7, 11) is 0. The van der Waals surface area contributed by atoms with Crippen molar-refractivity contribution in [2.45, 2.75) is 27.2 Å². The van der Waals surface area contributed by atoms with E-state index in [9.17, 15) is 20.1 Å². The molecule has 0 aliphatic rings. The van der Waals surface area contributed by atoms with Crippen LogP contribution in [0.5, 0.6) is 5.75 Å². The fourth-order valence-electron chi connectivity index (χ4n) is 2.79. The van der Waals surface area contributed by atoms with Gasteiger partial charge in [0.05, 0.1) is 28.8 Å². The monoisotopic (exact) mass is 564 g/mol. The predicted octanol–water partition coefficient (Wildman–Crippen LogP) is 5.75. The Labute approximate surface area is 201 Å². The van der Waals surface area contributed by atoms with Crippen molar-refractivity contribution in [1.29, 1.82) is 10.5 Å². The highest BCUT2D eigenvalue weighted by atomic mass is 79.9. The van der Waals surface area contributed by atoms with Gasteiger partial charge >= 0.3 is 5.97 Å². The van der Waals surface area contributed by atoms with Gasteiger partial charge in [0.25, 0.3) is 0 Å². The Bertz CT molecular complexity index is 1140. The van der Waals surface area contributed by atoms with E-state index in [1.54, 1.807) is 26.0 Å². The number of thiophene rings is 1. The normalized spacial score (nSPS) is 10.9. The lowest BCUT2D eigenvalue weighted by Gasteiger charge is -2.11. The van der Waals surface area contributed by atoms with Crippen LogP contribution in [0.3, 0.4) is 0 Å². The van der Waals surface area contributed by atoms with E-state index in [1.165, 1.54) is 6.08 Å². The van der Waals surface area contributed by atoms with Crippen LogP contribution in [-0.4, -0.2) is 25.0 Å². The van der Waals surface area contributed by atoms with Crippen LogP contribution < -0.4 is 4.74 Å². The molecule has 0 atom stereocenters. The second-order valence-corrected chi connectivity index (χ2v) is 9.07. The number of nitrogens with zero attached hydrogens (tertiary/aromatic N) is 2. The number of ether oxygens (including phenoxy) is 2. The van der Waals surface area contributed by atoms with Crippen LogP contribution in [0.25, 0.3) is 6.08 Å². The first-order valence-electron chi connectivity index (χ1n) is 9.23. The first-order chi connectivity index (χ1) is 14.8. The summed E-state index contributed by atoms with van der Waals surface area (Å²) in [5.74, 6) is -0.480. The summed E-state index contributed by atoms with van der Waals surface area (Å²) >= 11 is 7.87.